The molecule has 0 saturated carbocycles. The number of nitrogens with zero attached hydrogens (tertiary/aromatic N) is 3. The second kappa shape index (κ2) is 8.38. The van der Waals surface area contributed by atoms with E-state index in [4.69, 9.17) is 0 Å². The van der Waals surface area contributed by atoms with Gasteiger partial charge in [-0.15, -0.1) is 0 Å². The first kappa shape index (κ1) is 17.8. The van der Waals surface area contributed by atoms with Gasteiger partial charge < -0.3 is 4.90 Å². The maximum Gasteiger partial charge on any atom is 0.274 e. The zero-order valence-electron chi connectivity index (χ0n) is 14.0. The van der Waals surface area contributed by atoms with E-state index >= 15 is 0 Å². The third-order valence-corrected chi connectivity index (χ3v) is 3.79. The minimum Gasteiger partial charge on any atom is -0.333 e. The molecule has 0 aliphatic carbocycles. The van der Waals surface area contributed by atoms with Crippen molar-refractivity contribution < 1.29 is 9.18 Å². The summed E-state index contributed by atoms with van der Waals surface area (Å²) < 4.78 is 14.2. The van der Waals surface area contributed by atoms with Crippen LogP contribution in [-0.2, 0) is 13.6 Å². The molecule has 24 heavy (non-hydrogen) atoms. The van der Waals surface area contributed by atoms with E-state index in [0.29, 0.717) is 13.1 Å². The monoisotopic (exact) mass is 331 g/mol. The molecule has 0 spiro atoms. The smallest absolute Gasteiger partial charge is 0.274 e. The molecule has 1 aromatic carbocycles. The first-order valence-electron chi connectivity index (χ1n) is 8.09. The summed E-state index contributed by atoms with van der Waals surface area (Å²) in [5.74, 6) is -0.534. The summed E-state index contributed by atoms with van der Waals surface area (Å²) in [5.41, 5.74) is 0.824. The Kier molecular flexibility index (Phi) is 6.23. The molecule has 0 fully saturated rings. The van der Waals surface area contributed by atoms with E-state index in [9.17, 15) is 14.0 Å². The number of aryl methyl sites for hydroxylation is 1. The summed E-state index contributed by atoms with van der Waals surface area (Å²) in [6, 6.07) is 8.89. The number of hydrogen-bond donors (Lipinski definition) is 0. The fraction of sp³-hybridized carbons (Fsp3) is 0.389. The van der Waals surface area contributed by atoms with Gasteiger partial charge in [-0.3, -0.25) is 9.59 Å². The van der Waals surface area contributed by atoms with Crippen LogP contribution in [0.15, 0.2) is 41.2 Å². The Morgan fingerprint density at radius 2 is 1.88 bits per heavy atom. The summed E-state index contributed by atoms with van der Waals surface area (Å²) in [7, 11) is 1.51. The first-order chi connectivity index (χ1) is 11.5. The molecule has 0 aliphatic rings. The molecule has 2 rings (SSSR count). The average Bonchev–Trinajstić information content (AvgIpc) is 2.58. The second-order valence-corrected chi connectivity index (χ2v) is 5.74. The normalized spacial score (nSPS) is 10.6. The van der Waals surface area contributed by atoms with E-state index < -0.39 is 0 Å². The predicted octanol–water partition coefficient (Wildman–Crippen LogP) is 2.75. The van der Waals surface area contributed by atoms with Crippen molar-refractivity contribution in [3.63, 3.8) is 0 Å². The van der Waals surface area contributed by atoms with Gasteiger partial charge in [-0.05, 0) is 30.2 Å². The van der Waals surface area contributed by atoms with Crippen molar-refractivity contribution >= 4 is 5.91 Å². The van der Waals surface area contributed by atoms with Gasteiger partial charge in [0.05, 0.1) is 0 Å². The molecule has 0 atom stereocenters. The van der Waals surface area contributed by atoms with E-state index in [-0.39, 0.29) is 23.0 Å². The number of hydrogen-bond acceptors (Lipinski definition) is 3. The number of rotatable bonds is 7. The van der Waals surface area contributed by atoms with Crippen LogP contribution in [0.25, 0.3) is 0 Å². The second-order valence-electron chi connectivity index (χ2n) is 5.74. The Morgan fingerprint density at radius 3 is 2.50 bits per heavy atom. The number of halogens is 1. The lowest BCUT2D eigenvalue weighted by Crippen LogP contribution is -2.34. The third-order valence-electron chi connectivity index (χ3n) is 3.79. The maximum absolute atomic E-state index is 13.1. The summed E-state index contributed by atoms with van der Waals surface area (Å²) in [5, 5.41) is 4.03. The zero-order chi connectivity index (χ0) is 17.5. The van der Waals surface area contributed by atoms with Crippen LogP contribution in [0.2, 0.25) is 0 Å². The molecule has 0 saturated heterocycles. The van der Waals surface area contributed by atoms with Crippen LogP contribution >= 0.6 is 0 Å². The Hall–Kier alpha value is -2.50. The third kappa shape index (κ3) is 4.75. The molecule has 1 amide bonds. The Labute approximate surface area is 140 Å². The van der Waals surface area contributed by atoms with E-state index in [0.717, 1.165) is 29.5 Å². The lowest BCUT2D eigenvalue weighted by molar-refractivity contribution is 0.0731. The van der Waals surface area contributed by atoms with Crippen molar-refractivity contribution in [2.45, 2.75) is 32.7 Å². The van der Waals surface area contributed by atoms with Crippen LogP contribution in [0, 0.1) is 5.82 Å². The van der Waals surface area contributed by atoms with Crippen LogP contribution in [0.4, 0.5) is 4.39 Å². The SMILES string of the molecule is CCCCCN(Cc1ccc(F)cc1)C(=O)c1ccc(=O)n(C)n1. The van der Waals surface area contributed by atoms with Gasteiger partial charge in [-0.1, -0.05) is 31.9 Å². The van der Waals surface area contributed by atoms with E-state index in [1.807, 2.05) is 0 Å². The van der Waals surface area contributed by atoms with Crippen molar-refractivity contribution in [3.8, 4) is 0 Å². The van der Waals surface area contributed by atoms with Crippen molar-refractivity contribution in [3.05, 3.63) is 63.8 Å². The summed E-state index contributed by atoms with van der Waals surface area (Å²) >= 11 is 0. The van der Waals surface area contributed by atoms with Gasteiger partial charge in [0.25, 0.3) is 11.5 Å². The summed E-state index contributed by atoms with van der Waals surface area (Å²) in [6.45, 7) is 3.07. The standard InChI is InChI=1S/C18H22FN3O2/c1-3-4-5-12-22(13-14-6-8-15(19)9-7-14)18(24)16-10-11-17(23)21(2)20-16/h6-11H,3-5,12-13H2,1-2H3. The van der Waals surface area contributed by atoms with Crippen LogP contribution in [0.5, 0.6) is 0 Å². The number of benzene rings is 1. The van der Waals surface area contributed by atoms with Gasteiger partial charge in [0.1, 0.15) is 11.5 Å². The topological polar surface area (TPSA) is 55.2 Å². The fourth-order valence-corrected chi connectivity index (χ4v) is 2.39. The van der Waals surface area contributed by atoms with Crippen molar-refractivity contribution in [1.29, 1.82) is 0 Å². The minimum absolute atomic E-state index is 0.231. The van der Waals surface area contributed by atoms with Gasteiger partial charge in [-0.2, -0.15) is 5.10 Å². The molecule has 0 radical (unpaired) electrons. The quantitative estimate of drug-likeness (QED) is 0.733. The van der Waals surface area contributed by atoms with E-state index in [1.165, 1.54) is 31.3 Å². The van der Waals surface area contributed by atoms with Crippen LogP contribution in [-0.4, -0.2) is 27.1 Å². The fourth-order valence-electron chi connectivity index (χ4n) is 2.39. The van der Waals surface area contributed by atoms with Crippen LogP contribution in [0.3, 0.4) is 0 Å². The molecule has 128 valence electrons. The summed E-state index contributed by atoms with van der Waals surface area (Å²) in [4.78, 5) is 25.9. The molecule has 0 bridgehead atoms. The van der Waals surface area contributed by atoms with Crippen LogP contribution < -0.4 is 5.56 Å². The Morgan fingerprint density at radius 1 is 1.17 bits per heavy atom. The molecule has 6 heteroatoms. The first-order valence-corrected chi connectivity index (χ1v) is 8.09. The Balaban J connectivity index is 2.19. The van der Waals surface area contributed by atoms with E-state index in [2.05, 4.69) is 12.0 Å². The average molecular weight is 331 g/mol. The van der Waals surface area contributed by atoms with Gasteiger partial charge in [0, 0.05) is 26.2 Å². The highest BCUT2D eigenvalue weighted by atomic mass is 19.1. The van der Waals surface area contributed by atoms with Gasteiger partial charge in [-0.25, -0.2) is 9.07 Å². The van der Waals surface area contributed by atoms with E-state index in [1.54, 1.807) is 17.0 Å². The molecule has 5 nitrogen and oxygen atoms in total. The van der Waals surface area contributed by atoms with Gasteiger partial charge >= 0.3 is 0 Å². The largest absolute Gasteiger partial charge is 0.333 e. The summed E-state index contributed by atoms with van der Waals surface area (Å²) in [6.07, 6.45) is 2.96. The number of unbranched alkanes of at least 4 members (excludes halogenated alkanes) is 2. The number of aromatic nitrogens is 2. The lowest BCUT2D eigenvalue weighted by Gasteiger charge is -2.22. The highest BCUT2D eigenvalue weighted by Gasteiger charge is 2.18. The predicted molar refractivity (Wildman–Crippen MR) is 90.1 cm³/mol. The number of amides is 1. The molecule has 0 unspecified atom stereocenters. The molecule has 1 aromatic heterocycles. The lowest BCUT2D eigenvalue weighted by atomic mass is 10.1. The van der Waals surface area contributed by atoms with Gasteiger partial charge in [0.2, 0.25) is 0 Å². The molecular weight excluding hydrogens is 309 g/mol. The number of carbonyl (C=O) groups is 1. The molecule has 2 aromatic rings. The van der Waals surface area contributed by atoms with Crippen molar-refractivity contribution in [2.24, 2.45) is 7.05 Å². The maximum atomic E-state index is 13.1. The highest BCUT2D eigenvalue weighted by molar-refractivity contribution is 5.92. The zero-order valence-corrected chi connectivity index (χ0v) is 14.0. The molecular formula is C18H22FN3O2. The number of carbonyl (C=O) groups excluding carboxylic acids is 1. The Bertz CT molecular complexity index is 741. The minimum atomic E-state index is -0.303. The van der Waals surface area contributed by atoms with Gasteiger partial charge in [0.15, 0.2) is 0 Å². The van der Waals surface area contributed by atoms with Crippen molar-refractivity contribution in [1.82, 2.24) is 14.7 Å². The molecule has 1 heterocycles. The van der Waals surface area contributed by atoms with Crippen LogP contribution in [0.1, 0.15) is 42.2 Å². The highest BCUT2D eigenvalue weighted by Crippen LogP contribution is 2.11. The molecule has 0 N–H and O–H groups in total. The van der Waals surface area contributed by atoms with Crippen molar-refractivity contribution in [2.75, 3.05) is 6.54 Å². The molecule has 0 aliphatic heterocycles.